The number of rotatable bonds is 3. The molecule has 0 amide bonds. The molecule has 0 aliphatic rings. The molecule has 0 saturated heterocycles. The molecule has 0 fully saturated rings. The molecule has 0 bridgehead atoms. The number of H-pyrrole nitrogens is 1. The molecule has 0 unspecified atom stereocenters. The number of ketones is 1. The Kier molecular flexibility index (Phi) is 3.32. The van der Waals surface area contributed by atoms with Crippen LogP contribution in [-0.2, 0) is 6.42 Å². The van der Waals surface area contributed by atoms with Gasteiger partial charge in [-0.2, -0.15) is 0 Å². The molecule has 0 aliphatic heterocycles. The minimum absolute atomic E-state index is 0.194. The molecular formula is C15H11Cl2NO2. The van der Waals surface area contributed by atoms with Crippen LogP contribution in [0.3, 0.4) is 0 Å². The van der Waals surface area contributed by atoms with E-state index in [1.807, 2.05) is 6.92 Å². The summed E-state index contributed by atoms with van der Waals surface area (Å²) in [5.41, 5.74) is 1.21. The fraction of sp³-hybridized carbons (Fsp3) is 0.133. The highest BCUT2D eigenvalue weighted by atomic mass is 35.5. The number of carbonyl (C=O) groups is 1. The molecule has 3 nitrogen and oxygen atoms in total. The monoisotopic (exact) mass is 307 g/mol. The average Bonchev–Trinajstić information content (AvgIpc) is 3.03. The summed E-state index contributed by atoms with van der Waals surface area (Å²) in [6.07, 6.45) is 2.38. The van der Waals surface area contributed by atoms with E-state index in [1.54, 1.807) is 30.5 Å². The molecule has 1 N–H and O–H groups in total. The van der Waals surface area contributed by atoms with Crippen LogP contribution in [0.25, 0.3) is 10.9 Å². The molecule has 0 atom stereocenters. The van der Waals surface area contributed by atoms with Crippen molar-refractivity contribution in [2.24, 2.45) is 0 Å². The highest BCUT2D eigenvalue weighted by Crippen LogP contribution is 2.31. The van der Waals surface area contributed by atoms with Gasteiger partial charge >= 0.3 is 0 Å². The number of carbonyl (C=O) groups excluding carboxylic acids is 1. The molecule has 1 aromatic carbocycles. The first-order valence-electron chi connectivity index (χ1n) is 6.19. The van der Waals surface area contributed by atoms with Gasteiger partial charge in [0.25, 0.3) is 0 Å². The summed E-state index contributed by atoms with van der Waals surface area (Å²) >= 11 is 12.1. The fourth-order valence-corrected chi connectivity index (χ4v) is 2.78. The van der Waals surface area contributed by atoms with Crippen molar-refractivity contribution in [3.8, 4) is 0 Å². The number of fused-ring (bicyclic) bond motifs is 1. The Morgan fingerprint density at radius 2 is 2.10 bits per heavy atom. The van der Waals surface area contributed by atoms with Crippen molar-refractivity contribution < 1.29 is 9.21 Å². The molecule has 0 radical (unpaired) electrons. The van der Waals surface area contributed by atoms with Gasteiger partial charge in [-0.3, -0.25) is 4.79 Å². The Morgan fingerprint density at radius 1 is 1.30 bits per heavy atom. The summed E-state index contributed by atoms with van der Waals surface area (Å²) < 4.78 is 5.50. The lowest BCUT2D eigenvalue weighted by atomic mass is 10.1. The molecule has 0 spiro atoms. The maximum atomic E-state index is 12.5. The van der Waals surface area contributed by atoms with Crippen molar-refractivity contribution in [2.75, 3.05) is 0 Å². The Labute approximate surface area is 125 Å². The van der Waals surface area contributed by atoms with Gasteiger partial charge in [-0.15, -0.1) is 0 Å². The van der Waals surface area contributed by atoms with Crippen LogP contribution in [-0.4, -0.2) is 10.8 Å². The van der Waals surface area contributed by atoms with Crippen LogP contribution in [0.5, 0.6) is 0 Å². The van der Waals surface area contributed by atoms with Crippen LogP contribution >= 0.6 is 23.2 Å². The van der Waals surface area contributed by atoms with Gasteiger partial charge in [-0.1, -0.05) is 30.1 Å². The summed E-state index contributed by atoms with van der Waals surface area (Å²) in [6.45, 7) is 1.97. The first-order valence-corrected chi connectivity index (χ1v) is 6.95. The molecule has 3 aromatic rings. The highest BCUT2D eigenvalue weighted by molar-refractivity contribution is 6.40. The Hall–Kier alpha value is -1.71. The summed E-state index contributed by atoms with van der Waals surface area (Å²) in [6, 6.07) is 6.85. The second-order valence-corrected chi connectivity index (χ2v) is 5.30. The van der Waals surface area contributed by atoms with Crippen molar-refractivity contribution in [3.05, 3.63) is 57.6 Å². The SMILES string of the molecule is CCc1ccc(C(=O)c2c[nH]c3cc(Cl)cc(Cl)c23)o1. The number of furan rings is 1. The van der Waals surface area contributed by atoms with Crippen molar-refractivity contribution >= 4 is 39.9 Å². The number of aryl methyl sites for hydroxylation is 1. The molecule has 3 rings (SSSR count). The van der Waals surface area contributed by atoms with E-state index in [0.29, 0.717) is 26.8 Å². The van der Waals surface area contributed by atoms with Crippen LogP contribution < -0.4 is 0 Å². The average molecular weight is 308 g/mol. The highest BCUT2D eigenvalue weighted by Gasteiger charge is 2.19. The van der Waals surface area contributed by atoms with Gasteiger partial charge in [0.2, 0.25) is 5.78 Å². The van der Waals surface area contributed by atoms with Crippen LogP contribution in [0, 0.1) is 0 Å². The first kappa shape index (κ1) is 13.3. The minimum atomic E-state index is -0.194. The first-order chi connectivity index (χ1) is 9.60. The van der Waals surface area contributed by atoms with E-state index in [-0.39, 0.29) is 5.78 Å². The third kappa shape index (κ3) is 2.13. The van der Waals surface area contributed by atoms with Crippen LogP contribution in [0.2, 0.25) is 10.0 Å². The summed E-state index contributed by atoms with van der Waals surface area (Å²) in [7, 11) is 0. The van der Waals surface area contributed by atoms with Gasteiger partial charge in [-0.05, 0) is 24.3 Å². The number of halogens is 2. The maximum Gasteiger partial charge on any atom is 0.230 e. The topological polar surface area (TPSA) is 46.0 Å². The summed E-state index contributed by atoms with van der Waals surface area (Å²) in [5, 5.41) is 1.63. The second kappa shape index (κ2) is 5.00. The zero-order valence-electron chi connectivity index (χ0n) is 10.7. The van der Waals surface area contributed by atoms with Crippen molar-refractivity contribution in [3.63, 3.8) is 0 Å². The van der Waals surface area contributed by atoms with Crippen LogP contribution in [0.4, 0.5) is 0 Å². The van der Waals surface area contributed by atoms with Gasteiger partial charge in [-0.25, -0.2) is 0 Å². The second-order valence-electron chi connectivity index (χ2n) is 4.46. The third-order valence-electron chi connectivity index (χ3n) is 3.17. The number of aromatic nitrogens is 1. The zero-order valence-corrected chi connectivity index (χ0v) is 12.2. The lowest BCUT2D eigenvalue weighted by Crippen LogP contribution is -1.98. The number of hydrogen-bond acceptors (Lipinski definition) is 2. The van der Waals surface area contributed by atoms with Crippen LogP contribution in [0.15, 0.2) is 34.9 Å². The minimum Gasteiger partial charge on any atom is -0.458 e. The van der Waals surface area contributed by atoms with E-state index in [4.69, 9.17) is 27.6 Å². The third-order valence-corrected chi connectivity index (χ3v) is 3.69. The number of nitrogens with one attached hydrogen (secondary N) is 1. The lowest BCUT2D eigenvalue weighted by Gasteiger charge is -2.00. The van der Waals surface area contributed by atoms with Crippen LogP contribution in [0.1, 0.15) is 28.8 Å². The molecule has 2 heterocycles. The van der Waals surface area contributed by atoms with Gasteiger partial charge in [0.05, 0.1) is 10.6 Å². The number of benzene rings is 1. The largest absolute Gasteiger partial charge is 0.458 e. The smallest absolute Gasteiger partial charge is 0.230 e. The number of aromatic amines is 1. The fourth-order valence-electron chi connectivity index (χ4n) is 2.19. The maximum absolute atomic E-state index is 12.5. The Morgan fingerprint density at radius 3 is 2.80 bits per heavy atom. The van der Waals surface area contributed by atoms with E-state index in [0.717, 1.165) is 17.7 Å². The molecule has 20 heavy (non-hydrogen) atoms. The molecule has 2 aromatic heterocycles. The standard InChI is InChI=1S/C15H11Cl2NO2/c1-2-9-3-4-13(20-9)15(19)10-7-18-12-6-8(16)5-11(17)14(10)12/h3-7,18H,2H2,1H3. The van der Waals surface area contributed by atoms with E-state index >= 15 is 0 Å². The Bertz CT molecular complexity index is 801. The van der Waals surface area contributed by atoms with E-state index < -0.39 is 0 Å². The molecule has 102 valence electrons. The van der Waals surface area contributed by atoms with Gasteiger partial charge in [0.15, 0.2) is 5.76 Å². The lowest BCUT2D eigenvalue weighted by molar-refractivity contribution is 0.101. The predicted octanol–water partition coefficient (Wildman–Crippen LogP) is 4.86. The summed E-state index contributed by atoms with van der Waals surface area (Å²) in [4.78, 5) is 15.5. The molecular weight excluding hydrogens is 297 g/mol. The van der Waals surface area contributed by atoms with Gasteiger partial charge in [0.1, 0.15) is 5.76 Å². The summed E-state index contributed by atoms with van der Waals surface area (Å²) in [5.74, 6) is 0.899. The van der Waals surface area contributed by atoms with Gasteiger partial charge < -0.3 is 9.40 Å². The molecule has 0 saturated carbocycles. The van der Waals surface area contributed by atoms with E-state index in [1.165, 1.54) is 0 Å². The van der Waals surface area contributed by atoms with Crippen molar-refractivity contribution in [1.29, 1.82) is 0 Å². The zero-order chi connectivity index (χ0) is 14.3. The molecule has 0 aliphatic carbocycles. The van der Waals surface area contributed by atoms with E-state index in [9.17, 15) is 4.79 Å². The Balaban J connectivity index is 2.12. The van der Waals surface area contributed by atoms with Gasteiger partial charge in [0, 0.05) is 28.5 Å². The van der Waals surface area contributed by atoms with Crippen molar-refractivity contribution in [2.45, 2.75) is 13.3 Å². The number of hydrogen-bond donors (Lipinski definition) is 1. The van der Waals surface area contributed by atoms with Crippen molar-refractivity contribution in [1.82, 2.24) is 4.98 Å². The normalized spacial score (nSPS) is 11.2. The van der Waals surface area contributed by atoms with E-state index in [2.05, 4.69) is 4.98 Å². The molecule has 5 heteroatoms. The quantitative estimate of drug-likeness (QED) is 0.702. The predicted molar refractivity (Wildman–Crippen MR) is 79.8 cm³/mol.